The maximum absolute atomic E-state index is 12.7. The summed E-state index contributed by atoms with van der Waals surface area (Å²) in [7, 11) is 1.82. The molecule has 2 aliphatic rings. The number of amides is 1. The van der Waals surface area contributed by atoms with Gasteiger partial charge in [-0.25, -0.2) is 4.79 Å². The van der Waals surface area contributed by atoms with E-state index in [0.29, 0.717) is 23.8 Å². The van der Waals surface area contributed by atoms with Crippen molar-refractivity contribution in [2.75, 3.05) is 26.8 Å². The normalized spacial score (nSPS) is 18.3. The predicted molar refractivity (Wildman–Crippen MR) is 110 cm³/mol. The number of rotatable bonds is 5. The number of benzene rings is 1. The van der Waals surface area contributed by atoms with Crippen molar-refractivity contribution in [3.63, 3.8) is 0 Å². The molecule has 2 heterocycles. The van der Waals surface area contributed by atoms with E-state index < -0.39 is 6.10 Å². The Labute approximate surface area is 170 Å². The number of ether oxygens (including phenoxy) is 2. The molecule has 1 fully saturated rings. The molecular weight excluding hydrogens is 370 g/mol. The summed E-state index contributed by atoms with van der Waals surface area (Å²) in [5.74, 6) is 0.964. The second kappa shape index (κ2) is 8.57. The van der Waals surface area contributed by atoms with Gasteiger partial charge in [0.05, 0.1) is 0 Å². The lowest BCUT2D eigenvalue weighted by atomic mass is 9.91. The number of hydrogen-bond acceptors (Lipinski definition) is 5. The van der Waals surface area contributed by atoms with Crippen LogP contribution in [0.1, 0.15) is 43.7 Å². The topological polar surface area (TPSA) is 69.0 Å². The SMILES string of the molecule is CC(Oc1ccc2c3c(c(=O)oc2c1)CCCC3)C(=O)N(C)CC1CCOCC1. The van der Waals surface area contributed by atoms with E-state index in [4.69, 9.17) is 13.9 Å². The van der Waals surface area contributed by atoms with Crippen LogP contribution in [0, 0.1) is 5.92 Å². The molecular formula is C23H29NO5. The van der Waals surface area contributed by atoms with Crippen molar-refractivity contribution < 1.29 is 18.7 Å². The van der Waals surface area contributed by atoms with Crippen molar-refractivity contribution in [3.8, 4) is 5.75 Å². The highest BCUT2D eigenvalue weighted by molar-refractivity contribution is 5.83. The Hall–Kier alpha value is -2.34. The second-order valence-electron chi connectivity index (χ2n) is 8.25. The molecule has 0 bridgehead atoms. The number of carbonyl (C=O) groups is 1. The van der Waals surface area contributed by atoms with Crippen molar-refractivity contribution in [1.82, 2.24) is 4.90 Å². The monoisotopic (exact) mass is 399 g/mol. The molecule has 1 aromatic carbocycles. The first-order valence-corrected chi connectivity index (χ1v) is 10.6. The highest BCUT2D eigenvalue weighted by Gasteiger charge is 2.24. The molecule has 1 aliphatic carbocycles. The summed E-state index contributed by atoms with van der Waals surface area (Å²) in [5, 5.41) is 0.974. The van der Waals surface area contributed by atoms with Crippen LogP contribution < -0.4 is 10.4 Å². The van der Waals surface area contributed by atoms with Gasteiger partial charge in [-0.2, -0.15) is 0 Å². The Kier molecular flexibility index (Phi) is 5.90. The van der Waals surface area contributed by atoms with Crippen molar-refractivity contribution >= 4 is 16.9 Å². The van der Waals surface area contributed by atoms with Crippen molar-refractivity contribution in [2.45, 2.75) is 51.6 Å². The lowest BCUT2D eigenvalue weighted by Crippen LogP contribution is -2.41. The van der Waals surface area contributed by atoms with Crippen LogP contribution in [0.2, 0.25) is 0 Å². The fourth-order valence-electron chi connectivity index (χ4n) is 4.47. The van der Waals surface area contributed by atoms with E-state index in [9.17, 15) is 9.59 Å². The zero-order valence-corrected chi connectivity index (χ0v) is 17.2. The van der Waals surface area contributed by atoms with Crippen LogP contribution in [0.25, 0.3) is 11.0 Å². The first-order chi connectivity index (χ1) is 14.0. The van der Waals surface area contributed by atoms with Crippen LogP contribution in [-0.4, -0.2) is 43.7 Å². The molecule has 6 heteroatoms. The molecule has 1 saturated heterocycles. The fourth-order valence-corrected chi connectivity index (χ4v) is 4.47. The predicted octanol–water partition coefficient (Wildman–Crippen LogP) is 3.32. The standard InChI is InChI=1S/C23H29NO5/c1-15(22(25)24(2)14-16-9-11-27-12-10-16)28-17-7-8-19-18-5-3-4-6-20(18)23(26)29-21(19)13-17/h7-8,13,15-16H,3-6,9-12,14H2,1-2H3. The molecule has 0 radical (unpaired) electrons. The van der Waals surface area contributed by atoms with Gasteiger partial charge in [0, 0.05) is 43.8 Å². The summed E-state index contributed by atoms with van der Waals surface area (Å²) in [4.78, 5) is 26.8. The van der Waals surface area contributed by atoms with Gasteiger partial charge in [-0.05, 0) is 69.1 Å². The third-order valence-corrected chi connectivity index (χ3v) is 6.10. The largest absolute Gasteiger partial charge is 0.481 e. The lowest BCUT2D eigenvalue weighted by molar-refractivity contribution is -0.137. The molecule has 1 aliphatic heterocycles. The Morgan fingerprint density at radius 3 is 2.69 bits per heavy atom. The smallest absolute Gasteiger partial charge is 0.339 e. The molecule has 156 valence electrons. The van der Waals surface area contributed by atoms with E-state index in [2.05, 4.69) is 0 Å². The number of carbonyl (C=O) groups excluding carboxylic acids is 1. The van der Waals surface area contributed by atoms with E-state index in [-0.39, 0.29) is 11.5 Å². The van der Waals surface area contributed by atoms with Gasteiger partial charge in [0.25, 0.3) is 5.91 Å². The summed E-state index contributed by atoms with van der Waals surface area (Å²) in [6, 6.07) is 5.54. The van der Waals surface area contributed by atoms with E-state index >= 15 is 0 Å². The van der Waals surface area contributed by atoms with Gasteiger partial charge in [-0.3, -0.25) is 4.79 Å². The van der Waals surface area contributed by atoms with Gasteiger partial charge in [0.15, 0.2) is 6.10 Å². The average Bonchev–Trinajstić information content (AvgIpc) is 2.74. The molecule has 1 aromatic heterocycles. The summed E-state index contributed by atoms with van der Waals surface area (Å²) >= 11 is 0. The van der Waals surface area contributed by atoms with Crippen LogP contribution in [-0.2, 0) is 22.4 Å². The van der Waals surface area contributed by atoms with Crippen LogP contribution in [0.3, 0.4) is 0 Å². The Balaban J connectivity index is 1.47. The Morgan fingerprint density at radius 2 is 1.93 bits per heavy atom. The molecule has 0 saturated carbocycles. The van der Waals surface area contributed by atoms with E-state index in [1.54, 1.807) is 17.9 Å². The minimum absolute atomic E-state index is 0.0523. The molecule has 1 amide bonds. The maximum atomic E-state index is 12.7. The zero-order valence-electron chi connectivity index (χ0n) is 17.2. The quantitative estimate of drug-likeness (QED) is 0.722. The molecule has 1 atom stereocenters. The zero-order chi connectivity index (χ0) is 20.4. The molecule has 0 spiro atoms. The van der Waals surface area contributed by atoms with Gasteiger partial charge in [0.1, 0.15) is 11.3 Å². The van der Waals surface area contributed by atoms with Crippen LogP contribution in [0.4, 0.5) is 0 Å². The first kappa shape index (κ1) is 20.0. The molecule has 4 rings (SSSR count). The highest BCUT2D eigenvalue weighted by atomic mass is 16.5. The number of aryl methyl sites for hydroxylation is 1. The molecule has 29 heavy (non-hydrogen) atoms. The average molecular weight is 399 g/mol. The van der Waals surface area contributed by atoms with Crippen LogP contribution in [0.5, 0.6) is 5.75 Å². The molecule has 1 unspecified atom stereocenters. The van der Waals surface area contributed by atoms with E-state index in [1.165, 1.54) is 0 Å². The van der Waals surface area contributed by atoms with Crippen LogP contribution >= 0.6 is 0 Å². The summed E-state index contributed by atoms with van der Waals surface area (Å²) in [6.07, 6.45) is 5.18. The Bertz CT molecular complexity index is 944. The third-order valence-electron chi connectivity index (χ3n) is 6.10. The summed E-state index contributed by atoms with van der Waals surface area (Å²) in [6.45, 7) is 4.01. The van der Waals surface area contributed by atoms with Gasteiger partial charge >= 0.3 is 5.63 Å². The third kappa shape index (κ3) is 4.32. The number of nitrogens with zero attached hydrogens (tertiary/aromatic N) is 1. The maximum Gasteiger partial charge on any atom is 0.339 e. The van der Waals surface area contributed by atoms with Gasteiger partial charge in [-0.15, -0.1) is 0 Å². The van der Waals surface area contributed by atoms with E-state index in [0.717, 1.165) is 68.3 Å². The van der Waals surface area contributed by atoms with Gasteiger partial charge in [0.2, 0.25) is 0 Å². The van der Waals surface area contributed by atoms with Crippen molar-refractivity contribution in [1.29, 1.82) is 0 Å². The fraction of sp³-hybridized carbons (Fsp3) is 0.565. The van der Waals surface area contributed by atoms with Crippen molar-refractivity contribution in [3.05, 3.63) is 39.7 Å². The number of fused-ring (bicyclic) bond motifs is 3. The lowest BCUT2D eigenvalue weighted by Gasteiger charge is -2.28. The minimum Gasteiger partial charge on any atom is -0.481 e. The first-order valence-electron chi connectivity index (χ1n) is 10.6. The molecule has 0 N–H and O–H groups in total. The van der Waals surface area contributed by atoms with Crippen molar-refractivity contribution in [2.24, 2.45) is 5.92 Å². The summed E-state index contributed by atoms with van der Waals surface area (Å²) < 4.78 is 16.8. The number of hydrogen-bond donors (Lipinski definition) is 0. The van der Waals surface area contributed by atoms with E-state index in [1.807, 2.05) is 19.2 Å². The number of likely N-dealkylation sites (N-methyl/N-ethyl adjacent to an activating group) is 1. The second-order valence-corrected chi connectivity index (χ2v) is 8.25. The van der Waals surface area contributed by atoms with Gasteiger partial charge < -0.3 is 18.8 Å². The minimum atomic E-state index is -0.610. The van der Waals surface area contributed by atoms with Crippen LogP contribution in [0.15, 0.2) is 27.4 Å². The highest BCUT2D eigenvalue weighted by Crippen LogP contribution is 2.29. The Morgan fingerprint density at radius 1 is 1.21 bits per heavy atom. The summed E-state index contributed by atoms with van der Waals surface area (Å²) in [5.41, 5.74) is 2.21. The molecule has 2 aromatic rings. The molecule has 6 nitrogen and oxygen atoms in total. The van der Waals surface area contributed by atoms with Gasteiger partial charge in [-0.1, -0.05) is 0 Å².